The zero-order valence-corrected chi connectivity index (χ0v) is 10.7. The Morgan fingerprint density at radius 2 is 1.88 bits per heavy atom. The fourth-order valence-corrected chi connectivity index (χ4v) is 2.58. The molecule has 0 unspecified atom stereocenters. The van der Waals surface area contributed by atoms with Gasteiger partial charge in [0.05, 0.1) is 5.75 Å². The molecule has 0 saturated heterocycles. The van der Waals surface area contributed by atoms with E-state index in [4.69, 9.17) is 10.2 Å². The lowest BCUT2D eigenvalue weighted by atomic mass is 10.1. The van der Waals surface area contributed by atoms with Crippen LogP contribution in [0.25, 0.3) is 0 Å². The molecule has 7 heteroatoms. The Kier molecular flexibility index (Phi) is 4.71. The topological polar surface area (TPSA) is 91.7 Å². The monoisotopic (exact) mass is 318 g/mol. The second kappa shape index (κ2) is 5.83. The van der Waals surface area contributed by atoms with Crippen molar-refractivity contribution in [2.45, 2.75) is 4.90 Å². The zero-order chi connectivity index (χ0) is 13.0. The van der Waals surface area contributed by atoms with Crippen LogP contribution in [0.1, 0.15) is 10.4 Å². The lowest BCUT2D eigenvalue weighted by Crippen LogP contribution is -2.14. The quantitative estimate of drug-likeness (QED) is 0.489. The number of carboxylic acid groups (broad SMARTS) is 2. The summed E-state index contributed by atoms with van der Waals surface area (Å²) < 4.78 is 0.496. The summed E-state index contributed by atoms with van der Waals surface area (Å²) in [6.45, 7) is 0. The average molecular weight is 319 g/mol. The maximum atomic E-state index is 11.4. The Morgan fingerprint density at radius 3 is 2.41 bits per heavy atom. The van der Waals surface area contributed by atoms with Crippen LogP contribution in [-0.2, 0) is 9.59 Å². The number of hydrogen-bond acceptors (Lipinski definition) is 4. The molecule has 1 rings (SSSR count). The number of aliphatic carboxylic acids is 2. The molecule has 0 aromatic heterocycles. The molecule has 5 nitrogen and oxygen atoms in total. The first-order chi connectivity index (χ1) is 7.93. The molecule has 0 heterocycles. The number of hydrogen-bond donors (Lipinski definition) is 2. The minimum absolute atomic E-state index is 0.0156. The average Bonchev–Trinajstić information content (AvgIpc) is 2.25. The molecular weight excluding hydrogens is 312 g/mol. The van der Waals surface area contributed by atoms with Crippen LogP contribution in [0.3, 0.4) is 0 Å². The van der Waals surface area contributed by atoms with E-state index in [2.05, 4.69) is 15.9 Å². The molecule has 0 amide bonds. The van der Waals surface area contributed by atoms with Crippen LogP contribution in [0, 0.1) is 0 Å². The molecule has 0 aliphatic heterocycles. The SMILES string of the molecule is O=C(O)CSc1c(Br)cccc1C(=O)C(=O)O. The fourth-order valence-electron chi connectivity index (χ4n) is 1.08. The van der Waals surface area contributed by atoms with Gasteiger partial charge in [0.25, 0.3) is 5.78 Å². The van der Waals surface area contributed by atoms with Crippen LogP contribution >= 0.6 is 27.7 Å². The number of carboxylic acids is 2. The molecule has 0 saturated carbocycles. The number of rotatable bonds is 5. The van der Waals surface area contributed by atoms with Crippen molar-refractivity contribution < 1.29 is 24.6 Å². The number of carbonyl (C=O) groups excluding carboxylic acids is 1. The second-order valence-electron chi connectivity index (χ2n) is 2.93. The molecule has 90 valence electrons. The van der Waals surface area contributed by atoms with Crippen molar-refractivity contribution in [2.24, 2.45) is 0 Å². The number of Topliss-reactive ketones (excluding diaryl/α,β-unsaturated/α-hetero) is 1. The van der Waals surface area contributed by atoms with E-state index in [0.29, 0.717) is 9.37 Å². The van der Waals surface area contributed by atoms with Crippen molar-refractivity contribution in [3.63, 3.8) is 0 Å². The third kappa shape index (κ3) is 3.57. The van der Waals surface area contributed by atoms with E-state index < -0.39 is 17.7 Å². The Morgan fingerprint density at radius 1 is 1.24 bits per heavy atom. The summed E-state index contributed by atoms with van der Waals surface area (Å²) in [5.74, 6) is -3.92. The van der Waals surface area contributed by atoms with E-state index in [1.165, 1.54) is 12.1 Å². The normalized spacial score (nSPS) is 9.94. The van der Waals surface area contributed by atoms with Crippen molar-refractivity contribution >= 4 is 45.4 Å². The van der Waals surface area contributed by atoms with E-state index in [-0.39, 0.29) is 11.3 Å². The molecule has 2 N–H and O–H groups in total. The van der Waals surface area contributed by atoms with Crippen molar-refractivity contribution in [3.8, 4) is 0 Å². The van der Waals surface area contributed by atoms with E-state index in [1.807, 2.05) is 0 Å². The van der Waals surface area contributed by atoms with Gasteiger partial charge in [0, 0.05) is 14.9 Å². The van der Waals surface area contributed by atoms with Crippen molar-refractivity contribution in [1.29, 1.82) is 0 Å². The molecule has 0 spiro atoms. The third-order valence-corrected chi connectivity index (χ3v) is 3.79. The van der Waals surface area contributed by atoms with Gasteiger partial charge in [-0.2, -0.15) is 0 Å². The highest BCUT2D eigenvalue weighted by atomic mass is 79.9. The van der Waals surface area contributed by atoms with Crippen LogP contribution in [-0.4, -0.2) is 33.7 Å². The maximum Gasteiger partial charge on any atom is 0.377 e. The van der Waals surface area contributed by atoms with Crippen LogP contribution in [0.4, 0.5) is 0 Å². The summed E-state index contributed by atoms with van der Waals surface area (Å²) in [6.07, 6.45) is 0. The van der Waals surface area contributed by atoms with E-state index >= 15 is 0 Å². The van der Waals surface area contributed by atoms with Crippen LogP contribution in [0.5, 0.6) is 0 Å². The molecule has 0 atom stereocenters. The van der Waals surface area contributed by atoms with E-state index in [0.717, 1.165) is 11.8 Å². The first kappa shape index (κ1) is 13.7. The Balaban J connectivity index is 3.12. The Labute approximate surface area is 109 Å². The maximum absolute atomic E-state index is 11.4. The predicted octanol–water partition coefficient (Wildman–Crippen LogP) is 1.89. The zero-order valence-electron chi connectivity index (χ0n) is 8.34. The van der Waals surface area contributed by atoms with Crippen molar-refractivity contribution in [2.75, 3.05) is 5.75 Å². The summed E-state index contributed by atoms with van der Waals surface area (Å²) in [5.41, 5.74) is -0.0156. The molecular formula is C10H7BrO5S. The molecule has 0 fully saturated rings. The molecule has 1 aromatic carbocycles. The summed E-state index contributed by atoms with van der Waals surface area (Å²) >= 11 is 4.05. The summed E-state index contributed by atoms with van der Waals surface area (Å²) in [5, 5.41) is 17.2. The predicted molar refractivity (Wildman–Crippen MR) is 64.5 cm³/mol. The van der Waals surface area contributed by atoms with E-state index in [9.17, 15) is 14.4 Å². The first-order valence-corrected chi connectivity index (χ1v) is 6.12. The molecule has 1 aromatic rings. The number of carbonyl (C=O) groups is 3. The lowest BCUT2D eigenvalue weighted by Gasteiger charge is -2.07. The largest absolute Gasteiger partial charge is 0.481 e. The van der Waals surface area contributed by atoms with Gasteiger partial charge in [0.2, 0.25) is 0 Å². The summed E-state index contributed by atoms with van der Waals surface area (Å²) in [6, 6.07) is 4.49. The highest BCUT2D eigenvalue weighted by molar-refractivity contribution is 9.10. The molecule has 0 radical (unpaired) electrons. The minimum Gasteiger partial charge on any atom is -0.481 e. The highest BCUT2D eigenvalue weighted by Crippen LogP contribution is 2.31. The van der Waals surface area contributed by atoms with Gasteiger partial charge in [-0.3, -0.25) is 9.59 Å². The van der Waals surface area contributed by atoms with Gasteiger partial charge in [-0.1, -0.05) is 6.07 Å². The highest BCUT2D eigenvalue weighted by Gasteiger charge is 2.20. The number of benzene rings is 1. The van der Waals surface area contributed by atoms with Crippen LogP contribution in [0.15, 0.2) is 27.6 Å². The second-order valence-corrected chi connectivity index (χ2v) is 4.77. The first-order valence-electron chi connectivity index (χ1n) is 4.34. The number of thioether (sulfide) groups is 1. The van der Waals surface area contributed by atoms with Gasteiger partial charge in [0.15, 0.2) is 0 Å². The van der Waals surface area contributed by atoms with Gasteiger partial charge in [0.1, 0.15) is 0 Å². The molecule has 0 aliphatic carbocycles. The lowest BCUT2D eigenvalue weighted by molar-refractivity contribution is -0.134. The minimum atomic E-state index is -1.57. The Bertz CT molecular complexity index is 486. The summed E-state index contributed by atoms with van der Waals surface area (Å²) in [7, 11) is 0. The molecule has 0 aliphatic rings. The third-order valence-electron chi connectivity index (χ3n) is 1.75. The van der Waals surface area contributed by atoms with Gasteiger partial charge in [-0.15, -0.1) is 11.8 Å². The van der Waals surface area contributed by atoms with E-state index in [1.54, 1.807) is 6.07 Å². The summed E-state index contributed by atoms with van der Waals surface area (Å²) in [4.78, 5) is 32.8. The smallest absolute Gasteiger partial charge is 0.377 e. The van der Waals surface area contributed by atoms with Crippen molar-refractivity contribution in [1.82, 2.24) is 0 Å². The number of halogens is 1. The standard InChI is InChI=1S/C10H7BrO5S/c11-6-3-1-2-5(8(14)10(15)16)9(6)17-4-7(12)13/h1-3H,4H2,(H,12,13)(H,15,16). The van der Waals surface area contributed by atoms with Gasteiger partial charge >= 0.3 is 11.9 Å². The van der Waals surface area contributed by atoms with Gasteiger partial charge < -0.3 is 10.2 Å². The Hall–Kier alpha value is -1.34. The van der Waals surface area contributed by atoms with Crippen LogP contribution < -0.4 is 0 Å². The van der Waals surface area contributed by atoms with Crippen LogP contribution in [0.2, 0.25) is 0 Å². The fraction of sp³-hybridized carbons (Fsp3) is 0.100. The van der Waals surface area contributed by atoms with Crippen molar-refractivity contribution in [3.05, 3.63) is 28.2 Å². The number of ketones is 1. The molecule has 17 heavy (non-hydrogen) atoms. The van der Waals surface area contributed by atoms with Gasteiger partial charge in [-0.25, -0.2) is 4.79 Å². The molecule has 0 bridgehead atoms. The van der Waals surface area contributed by atoms with Gasteiger partial charge in [-0.05, 0) is 28.1 Å².